The number of piperidine rings is 1. The lowest BCUT2D eigenvalue weighted by Gasteiger charge is -2.37. The van der Waals surface area contributed by atoms with Gasteiger partial charge in [-0.2, -0.15) is 0 Å². The van der Waals surface area contributed by atoms with Gasteiger partial charge >= 0.3 is 12.1 Å². The quantitative estimate of drug-likeness (QED) is 0.570. The van der Waals surface area contributed by atoms with Crippen LogP contribution in [0.4, 0.5) is 13.6 Å². The number of carbonyl (C=O) groups is 3. The van der Waals surface area contributed by atoms with Crippen molar-refractivity contribution in [2.45, 2.75) is 38.7 Å². The standard InChI is InChI=1S/C13H19F2NO5/c1-3-21-11(18)7-10(17)8-4-5-16(13(19)20-2)9(6-8)12(14)15/h8-9,12H,3-7H2,1-2H3. The fourth-order valence-electron chi connectivity index (χ4n) is 2.37. The number of alkyl halides is 2. The van der Waals surface area contributed by atoms with Crippen molar-refractivity contribution in [3.63, 3.8) is 0 Å². The van der Waals surface area contributed by atoms with E-state index >= 15 is 0 Å². The van der Waals surface area contributed by atoms with Gasteiger partial charge in [0.25, 0.3) is 6.43 Å². The molecule has 1 rings (SSSR count). The van der Waals surface area contributed by atoms with Gasteiger partial charge in [-0.15, -0.1) is 0 Å². The molecule has 2 atom stereocenters. The van der Waals surface area contributed by atoms with E-state index in [1.54, 1.807) is 6.92 Å². The molecule has 1 aliphatic heterocycles. The number of ketones is 1. The third kappa shape index (κ3) is 4.64. The van der Waals surface area contributed by atoms with Gasteiger partial charge in [-0.1, -0.05) is 0 Å². The van der Waals surface area contributed by atoms with Crippen LogP contribution in [0.2, 0.25) is 0 Å². The van der Waals surface area contributed by atoms with Crippen LogP contribution in [0, 0.1) is 5.92 Å². The minimum Gasteiger partial charge on any atom is -0.466 e. The number of ether oxygens (including phenoxy) is 2. The first-order valence-electron chi connectivity index (χ1n) is 6.71. The van der Waals surface area contributed by atoms with Crippen molar-refractivity contribution in [1.82, 2.24) is 4.90 Å². The van der Waals surface area contributed by atoms with Crippen LogP contribution in [-0.2, 0) is 19.1 Å². The summed E-state index contributed by atoms with van der Waals surface area (Å²) in [4.78, 5) is 35.5. The number of likely N-dealkylation sites (tertiary alicyclic amines) is 1. The number of esters is 1. The average Bonchev–Trinajstić information content (AvgIpc) is 2.45. The summed E-state index contributed by atoms with van der Waals surface area (Å²) in [6.45, 7) is 1.78. The molecule has 0 aliphatic carbocycles. The molecule has 21 heavy (non-hydrogen) atoms. The van der Waals surface area contributed by atoms with Gasteiger partial charge in [-0.25, -0.2) is 13.6 Å². The molecule has 0 aromatic rings. The van der Waals surface area contributed by atoms with Crippen molar-refractivity contribution in [3.05, 3.63) is 0 Å². The largest absolute Gasteiger partial charge is 0.466 e. The van der Waals surface area contributed by atoms with Gasteiger partial charge in [-0.05, 0) is 19.8 Å². The lowest BCUT2D eigenvalue weighted by molar-refractivity contribution is -0.147. The van der Waals surface area contributed by atoms with Crippen LogP contribution in [0.15, 0.2) is 0 Å². The SMILES string of the molecule is CCOC(=O)CC(=O)C1CCN(C(=O)OC)C(C(F)F)C1. The van der Waals surface area contributed by atoms with E-state index in [2.05, 4.69) is 9.47 Å². The van der Waals surface area contributed by atoms with E-state index in [1.165, 1.54) is 0 Å². The summed E-state index contributed by atoms with van der Waals surface area (Å²) in [5.41, 5.74) is 0. The summed E-state index contributed by atoms with van der Waals surface area (Å²) in [5, 5.41) is 0. The van der Waals surface area contributed by atoms with E-state index in [0.29, 0.717) is 0 Å². The predicted octanol–water partition coefficient (Wildman–Crippen LogP) is 1.62. The molecular weight excluding hydrogens is 288 g/mol. The smallest absolute Gasteiger partial charge is 0.409 e. The minimum atomic E-state index is -2.78. The van der Waals surface area contributed by atoms with Crippen LogP contribution in [0.25, 0.3) is 0 Å². The van der Waals surface area contributed by atoms with Crippen LogP contribution in [0.5, 0.6) is 0 Å². The molecular formula is C13H19F2NO5. The third-order valence-corrected chi connectivity index (χ3v) is 3.42. The zero-order valence-corrected chi connectivity index (χ0v) is 12.0. The summed E-state index contributed by atoms with van der Waals surface area (Å²) in [6, 6.07) is -1.37. The Hall–Kier alpha value is -1.73. The van der Waals surface area contributed by atoms with Gasteiger partial charge in [-0.3, -0.25) is 14.5 Å². The molecule has 1 aliphatic rings. The highest BCUT2D eigenvalue weighted by Gasteiger charge is 2.40. The molecule has 0 saturated carbocycles. The lowest BCUT2D eigenvalue weighted by atomic mass is 9.86. The van der Waals surface area contributed by atoms with Crippen molar-refractivity contribution in [2.75, 3.05) is 20.3 Å². The highest BCUT2D eigenvalue weighted by molar-refractivity contribution is 5.96. The lowest BCUT2D eigenvalue weighted by Crippen LogP contribution is -2.50. The molecule has 0 spiro atoms. The molecule has 0 radical (unpaired) electrons. The zero-order valence-electron chi connectivity index (χ0n) is 12.0. The Morgan fingerprint density at radius 3 is 2.52 bits per heavy atom. The van der Waals surface area contributed by atoms with Gasteiger partial charge < -0.3 is 9.47 Å². The third-order valence-electron chi connectivity index (χ3n) is 3.42. The predicted molar refractivity (Wildman–Crippen MR) is 67.9 cm³/mol. The van der Waals surface area contributed by atoms with Gasteiger partial charge in [0.2, 0.25) is 0 Å². The topological polar surface area (TPSA) is 72.9 Å². The van der Waals surface area contributed by atoms with Crippen LogP contribution < -0.4 is 0 Å². The number of halogens is 2. The minimum absolute atomic E-state index is 0.000905. The van der Waals surface area contributed by atoms with Crippen molar-refractivity contribution in [3.8, 4) is 0 Å². The summed E-state index contributed by atoms with van der Waals surface area (Å²) in [5.74, 6) is -1.76. The van der Waals surface area contributed by atoms with E-state index < -0.39 is 42.7 Å². The fraction of sp³-hybridized carbons (Fsp3) is 0.769. The zero-order chi connectivity index (χ0) is 16.0. The molecule has 0 aromatic carbocycles. The van der Waals surface area contributed by atoms with Crippen molar-refractivity contribution in [1.29, 1.82) is 0 Å². The number of rotatable bonds is 5. The van der Waals surface area contributed by atoms with E-state index in [0.717, 1.165) is 12.0 Å². The van der Waals surface area contributed by atoms with Gasteiger partial charge in [0.1, 0.15) is 12.2 Å². The number of methoxy groups -OCH3 is 1. The highest BCUT2D eigenvalue weighted by atomic mass is 19.3. The van der Waals surface area contributed by atoms with E-state index in [-0.39, 0.29) is 26.0 Å². The molecule has 2 unspecified atom stereocenters. The van der Waals surface area contributed by atoms with Crippen LogP contribution in [-0.4, -0.2) is 55.5 Å². The Morgan fingerprint density at radius 1 is 1.33 bits per heavy atom. The van der Waals surface area contributed by atoms with E-state index in [4.69, 9.17) is 0 Å². The number of Topliss-reactive ketones (excluding diaryl/α,β-unsaturated/α-hetero) is 1. The van der Waals surface area contributed by atoms with Crippen LogP contribution >= 0.6 is 0 Å². The molecule has 1 saturated heterocycles. The van der Waals surface area contributed by atoms with E-state index in [1.807, 2.05) is 0 Å². The van der Waals surface area contributed by atoms with Crippen LogP contribution in [0.3, 0.4) is 0 Å². The molecule has 8 heteroatoms. The van der Waals surface area contributed by atoms with Crippen LogP contribution in [0.1, 0.15) is 26.2 Å². The monoisotopic (exact) mass is 307 g/mol. The van der Waals surface area contributed by atoms with Gasteiger partial charge in [0.05, 0.1) is 19.8 Å². The van der Waals surface area contributed by atoms with Gasteiger partial charge in [0.15, 0.2) is 0 Å². The second-order valence-electron chi connectivity index (χ2n) is 4.73. The Morgan fingerprint density at radius 2 is 2.00 bits per heavy atom. The number of amides is 1. The van der Waals surface area contributed by atoms with Gasteiger partial charge in [0, 0.05) is 12.5 Å². The normalized spacial score (nSPS) is 22.0. The number of nitrogens with zero attached hydrogens (tertiary/aromatic N) is 1. The Balaban J connectivity index is 2.67. The molecule has 120 valence electrons. The van der Waals surface area contributed by atoms with E-state index in [9.17, 15) is 23.2 Å². The molecule has 1 fully saturated rings. The maximum absolute atomic E-state index is 13.0. The highest BCUT2D eigenvalue weighted by Crippen LogP contribution is 2.28. The van der Waals surface area contributed by atoms with Crippen molar-refractivity contribution >= 4 is 17.8 Å². The summed E-state index contributed by atoms with van der Waals surface area (Å²) < 4.78 is 35.2. The maximum atomic E-state index is 13.0. The molecule has 6 nitrogen and oxygen atoms in total. The second-order valence-corrected chi connectivity index (χ2v) is 4.73. The molecule has 1 amide bonds. The molecule has 0 N–H and O–H groups in total. The average molecular weight is 307 g/mol. The summed E-state index contributed by atoms with van der Waals surface area (Å²) >= 11 is 0. The van der Waals surface area contributed by atoms with Crippen molar-refractivity contribution in [2.24, 2.45) is 5.92 Å². The first-order chi connectivity index (χ1) is 9.90. The number of hydrogen-bond donors (Lipinski definition) is 0. The Bertz CT molecular complexity index is 402. The Labute approximate surface area is 121 Å². The first kappa shape index (κ1) is 17.3. The second kappa shape index (κ2) is 7.90. The first-order valence-corrected chi connectivity index (χ1v) is 6.71. The fourth-order valence-corrected chi connectivity index (χ4v) is 2.37. The summed E-state index contributed by atoms with van der Waals surface area (Å²) in [7, 11) is 1.11. The molecule has 0 aromatic heterocycles. The van der Waals surface area contributed by atoms with Crippen molar-refractivity contribution < 1.29 is 32.6 Å². The molecule has 1 heterocycles. The Kier molecular flexibility index (Phi) is 6.51. The molecule has 0 bridgehead atoms. The maximum Gasteiger partial charge on any atom is 0.409 e. The number of carbonyl (C=O) groups excluding carboxylic acids is 3. The summed E-state index contributed by atoms with van der Waals surface area (Å²) in [6.07, 6.45) is -3.98. The number of hydrogen-bond acceptors (Lipinski definition) is 5.